The average molecular weight is 452 g/mol. The van der Waals surface area contributed by atoms with E-state index in [9.17, 15) is 4.79 Å². The summed E-state index contributed by atoms with van der Waals surface area (Å²) in [6.45, 7) is 2.71. The number of nitrogens with zero attached hydrogens (tertiary/aromatic N) is 3. The van der Waals surface area contributed by atoms with Crippen molar-refractivity contribution in [2.45, 2.75) is 18.6 Å². The summed E-state index contributed by atoms with van der Waals surface area (Å²) in [7, 11) is 0. The van der Waals surface area contributed by atoms with Crippen molar-refractivity contribution in [1.29, 1.82) is 0 Å². The van der Waals surface area contributed by atoms with Crippen molar-refractivity contribution < 1.29 is 4.79 Å². The van der Waals surface area contributed by atoms with Crippen LogP contribution in [0.2, 0.25) is 5.02 Å². The molecule has 0 aliphatic heterocycles. The van der Waals surface area contributed by atoms with Crippen LogP contribution in [-0.4, -0.2) is 26.4 Å². The number of rotatable bonds is 6. The van der Waals surface area contributed by atoms with E-state index >= 15 is 0 Å². The molecule has 0 saturated carbocycles. The van der Waals surface area contributed by atoms with Crippen LogP contribution >= 0.6 is 39.3 Å². The van der Waals surface area contributed by atoms with Gasteiger partial charge in [-0.2, -0.15) is 0 Å². The number of anilines is 1. The fourth-order valence-electron chi connectivity index (χ4n) is 2.40. The third kappa shape index (κ3) is 4.47. The van der Waals surface area contributed by atoms with Crippen LogP contribution in [0, 0.1) is 0 Å². The molecule has 0 saturated heterocycles. The van der Waals surface area contributed by atoms with E-state index in [1.807, 2.05) is 60.0 Å². The number of para-hydroxylation sites is 1. The molecule has 1 heterocycles. The summed E-state index contributed by atoms with van der Waals surface area (Å²) in [5.74, 6) is 0.884. The molecule has 1 aromatic heterocycles. The van der Waals surface area contributed by atoms with Gasteiger partial charge in [0.1, 0.15) is 0 Å². The van der Waals surface area contributed by atoms with Crippen LogP contribution in [0.3, 0.4) is 0 Å². The average Bonchev–Trinajstić information content (AvgIpc) is 3.05. The van der Waals surface area contributed by atoms with Crippen molar-refractivity contribution >= 4 is 50.9 Å². The van der Waals surface area contributed by atoms with Gasteiger partial charge in [0.05, 0.1) is 11.4 Å². The highest BCUT2D eigenvalue weighted by atomic mass is 79.9. The Labute approximate surface area is 169 Å². The topological polar surface area (TPSA) is 59.8 Å². The van der Waals surface area contributed by atoms with E-state index in [-0.39, 0.29) is 11.7 Å². The second kappa shape index (κ2) is 8.70. The van der Waals surface area contributed by atoms with Gasteiger partial charge < -0.3 is 9.88 Å². The van der Waals surface area contributed by atoms with Gasteiger partial charge in [0.2, 0.25) is 5.91 Å². The lowest BCUT2D eigenvalue weighted by Crippen LogP contribution is -2.15. The standard InChI is InChI=1S/C18H16BrClN4OS/c1-2-24-17(12-6-5-7-13(20)10-12)22-23-18(24)26-11-16(25)21-15-9-4-3-8-14(15)19/h3-10H,2,11H2,1H3,(H,21,25). The first kappa shape index (κ1) is 18.9. The third-order valence-electron chi connectivity index (χ3n) is 3.60. The molecule has 5 nitrogen and oxygen atoms in total. The molecule has 1 N–H and O–H groups in total. The molecule has 8 heteroatoms. The first-order valence-corrected chi connectivity index (χ1v) is 10.1. The molecule has 0 aliphatic carbocycles. The Morgan fingerprint density at radius 1 is 1.23 bits per heavy atom. The summed E-state index contributed by atoms with van der Waals surface area (Å²) in [5, 5.41) is 12.7. The molecule has 134 valence electrons. The van der Waals surface area contributed by atoms with E-state index in [2.05, 4.69) is 31.4 Å². The molecule has 26 heavy (non-hydrogen) atoms. The second-order valence-electron chi connectivity index (χ2n) is 5.38. The monoisotopic (exact) mass is 450 g/mol. The Morgan fingerprint density at radius 3 is 2.77 bits per heavy atom. The van der Waals surface area contributed by atoms with Gasteiger partial charge in [-0.15, -0.1) is 10.2 Å². The zero-order valence-electron chi connectivity index (χ0n) is 13.9. The Balaban J connectivity index is 1.71. The lowest BCUT2D eigenvalue weighted by Gasteiger charge is -2.09. The van der Waals surface area contributed by atoms with Crippen LogP contribution in [0.4, 0.5) is 5.69 Å². The van der Waals surface area contributed by atoms with E-state index in [1.54, 1.807) is 0 Å². The molecular weight excluding hydrogens is 436 g/mol. The molecule has 0 atom stereocenters. The largest absolute Gasteiger partial charge is 0.324 e. The summed E-state index contributed by atoms with van der Waals surface area (Å²) < 4.78 is 2.82. The maximum atomic E-state index is 12.2. The quantitative estimate of drug-likeness (QED) is 0.529. The highest BCUT2D eigenvalue weighted by Crippen LogP contribution is 2.26. The Hall–Kier alpha value is -1.83. The minimum absolute atomic E-state index is 0.100. The highest BCUT2D eigenvalue weighted by Gasteiger charge is 2.15. The summed E-state index contributed by atoms with van der Waals surface area (Å²) in [6, 6.07) is 15.0. The van der Waals surface area contributed by atoms with E-state index in [0.717, 1.165) is 21.5 Å². The molecule has 3 aromatic rings. The molecule has 0 bridgehead atoms. The van der Waals surface area contributed by atoms with Gasteiger partial charge in [0, 0.05) is 21.6 Å². The van der Waals surface area contributed by atoms with Gasteiger partial charge in [-0.3, -0.25) is 4.79 Å². The molecule has 0 aliphatic rings. The Morgan fingerprint density at radius 2 is 2.04 bits per heavy atom. The fraction of sp³-hybridized carbons (Fsp3) is 0.167. The van der Waals surface area contributed by atoms with Crippen LogP contribution in [0.15, 0.2) is 58.2 Å². The minimum atomic E-state index is -0.100. The smallest absolute Gasteiger partial charge is 0.234 e. The number of halogens is 2. The van der Waals surface area contributed by atoms with E-state index in [1.165, 1.54) is 11.8 Å². The first-order chi connectivity index (χ1) is 12.6. The lowest BCUT2D eigenvalue weighted by molar-refractivity contribution is -0.113. The van der Waals surface area contributed by atoms with E-state index in [4.69, 9.17) is 11.6 Å². The molecule has 3 rings (SSSR count). The molecule has 0 spiro atoms. The number of carbonyl (C=O) groups is 1. The molecule has 0 radical (unpaired) electrons. The number of benzene rings is 2. The zero-order valence-corrected chi connectivity index (χ0v) is 17.1. The maximum absolute atomic E-state index is 12.2. The van der Waals surface area contributed by atoms with Crippen molar-refractivity contribution in [2.75, 3.05) is 11.1 Å². The van der Waals surface area contributed by atoms with Gasteiger partial charge in [0.15, 0.2) is 11.0 Å². The summed E-state index contributed by atoms with van der Waals surface area (Å²) >= 11 is 10.8. The van der Waals surface area contributed by atoms with Crippen LogP contribution in [-0.2, 0) is 11.3 Å². The third-order valence-corrected chi connectivity index (χ3v) is 5.49. The number of aromatic nitrogens is 3. The second-order valence-corrected chi connectivity index (χ2v) is 7.61. The van der Waals surface area contributed by atoms with Crippen molar-refractivity contribution in [1.82, 2.24) is 14.8 Å². The number of thioether (sulfide) groups is 1. The minimum Gasteiger partial charge on any atom is -0.324 e. The van der Waals surface area contributed by atoms with E-state index < -0.39 is 0 Å². The van der Waals surface area contributed by atoms with Crippen LogP contribution < -0.4 is 5.32 Å². The van der Waals surface area contributed by atoms with Gasteiger partial charge in [-0.1, -0.05) is 47.6 Å². The van der Waals surface area contributed by atoms with Crippen molar-refractivity contribution in [2.24, 2.45) is 0 Å². The molecule has 0 fully saturated rings. The summed E-state index contributed by atoms with van der Waals surface area (Å²) in [6.07, 6.45) is 0. The zero-order chi connectivity index (χ0) is 18.5. The summed E-state index contributed by atoms with van der Waals surface area (Å²) in [5.41, 5.74) is 1.64. The number of amides is 1. The predicted molar refractivity (Wildman–Crippen MR) is 110 cm³/mol. The number of hydrogen-bond donors (Lipinski definition) is 1. The SMILES string of the molecule is CCn1c(SCC(=O)Nc2ccccc2Br)nnc1-c1cccc(Cl)c1. The van der Waals surface area contributed by atoms with Crippen molar-refractivity contribution in [3.05, 3.63) is 58.0 Å². The molecular formula is C18H16BrClN4OS. The molecule has 2 aromatic carbocycles. The van der Waals surface area contributed by atoms with Crippen LogP contribution in [0.25, 0.3) is 11.4 Å². The molecule has 1 amide bonds. The first-order valence-electron chi connectivity index (χ1n) is 7.94. The van der Waals surface area contributed by atoms with Crippen LogP contribution in [0.5, 0.6) is 0 Å². The van der Waals surface area contributed by atoms with Gasteiger partial charge in [0.25, 0.3) is 0 Å². The summed E-state index contributed by atoms with van der Waals surface area (Å²) in [4.78, 5) is 12.2. The lowest BCUT2D eigenvalue weighted by atomic mass is 10.2. The van der Waals surface area contributed by atoms with Gasteiger partial charge in [-0.05, 0) is 47.1 Å². The maximum Gasteiger partial charge on any atom is 0.234 e. The van der Waals surface area contributed by atoms with Crippen molar-refractivity contribution in [3.8, 4) is 11.4 Å². The van der Waals surface area contributed by atoms with Gasteiger partial charge >= 0.3 is 0 Å². The predicted octanol–water partition coefficient (Wildman–Crippen LogP) is 5.11. The van der Waals surface area contributed by atoms with E-state index in [0.29, 0.717) is 16.7 Å². The number of hydrogen-bond acceptors (Lipinski definition) is 4. The number of nitrogens with one attached hydrogen (secondary N) is 1. The number of carbonyl (C=O) groups excluding carboxylic acids is 1. The van der Waals surface area contributed by atoms with Crippen molar-refractivity contribution in [3.63, 3.8) is 0 Å². The Kier molecular flexibility index (Phi) is 6.34. The Bertz CT molecular complexity index is 931. The fourth-order valence-corrected chi connectivity index (χ4v) is 3.78. The molecule has 0 unspecified atom stereocenters. The highest BCUT2D eigenvalue weighted by molar-refractivity contribution is 9.10. The van der Waals surface area contributed by atoms with Gasteiger partial charge in [-0.25, -0.2) is 0 Å². The normalized spacial score (nSPS) is 10.7. The van der Waals surface area contributed by atoms with Crippen LogP contribution in [0.1, 0.15) is 6.92 Å².